The summed E-state index contributed by atoms with van der Waals surface area (Å²) in [4.78, 5) is 0. The summed E-state index contributed by atoms with van der Waals surface area (Å²) in [5, 5.41) is 0. The Morgan fingerprint density at radius 2 is 1.47 bits per heavy atom. The maximum atomic E-state index is 6.48. The molecule has 0 aliphatic heterocycles. The van der Waals surface area contributed by atoms with Crippen LogP contribution in [0.4, 0.5) is 0 Å². The zero-order valence-electron chi connectivity index (χ0n) is 13.0. The van der Waals surface area contributed by atoms with E-state index in [1.54, 1.807) is 19.3 Å². The molecule has 4 aliphatic carbocycles. The minimum absolute atomic E-state index is 0.481. The first kappa shape index (κ1) is 13.9. The van der Waals surface area contributed by atoms with E-state index in [1.807, 2.05) is 0 Å². The third-order valence-electron chi connectivity index (χ3n) is 6.22. The minimum atomic E-state index is 0.481. The molecule has 0 amide bonds. The number of hydrogen-bond donors (Lipinski definition) is 1. The van der Waals surface area contributed by atoms with E-state index >= 15 is 0 Å². The minimum Gasteiger partial charge on any atom is -0.328 e. The predicted molar refractivity (Wildman–Crippen MR) is 81.9 cm³/mol. The molecule has 110 valence electrons. The van der Waals surface area contributed by atoms with E-state index in [-0.39, 0.29) is 0 Å². The van der Waals surface area contributed by atoms with E-state index in [4.69, 9.17) is 5.73 Å². The lowest BCUT2D eigenvalue weighted by molar-refractivity contribution is -0.0607. The molecule has 4 rings (SSSR count). The molecule has 1 atom stereocenters. The highest BCUT2D eigenvalue weighted by Gasteiger charge is 2.50. The zero-order chi connectivity index (χ0) is 13.5. The quantitative estimate of drug-likeness (QED) is 0.735. The molecule has 4 saturated carbocycles. The normalized spacial score (nSPS) is 42.0. The fraction of sp³-hybridized carbons (Fsp3) is 1.00. The molecule has 19 heavy (non-hydrogen) atoms. The fourth-order valence-electron chi connectivity index (χ4n) is 5.99. The third-order valence-corrected chi connectivity index (χ3v) is 6.22. The average Bonchev–Trinajstić information content (AvgIpc) is 2.25. The van der Waals surface area contributed by atoms with E-state index in [0.29, 0.717) is 11.5 Å². The van der Waals surface area contributed by atoms with Gasteiger partial charge in [-0.3, -0.25) is 0 Å². The average molecular weight is 263 g/mol. The highest BCUT2D eigenvalue weighted by Crippen LogP contribution is 2.61. The van der Waals surface area contributed by atoms with Gasteiger partial charge in [-0.05, 0) is 80.5 Å². The van der Waals surface area contributed by atoms with Gasteiger partial charge < -0.3 is 5.73 Å². The molecule has 1 nitrogen and oxygen atoms in total. The van der Waals surface area contributed by atoms with Crippen molar-refractivity contribution in [2.24, 2.45) is 34.8 Å². The van der Waals surface area contributed by atoms with Crippen molar-refractivity contribution in [3.63, 3.8) is 0 Å². The van der Waals surface area contributed by atoms with Crippen LogP contribution >= 0.6 is 0 Å². The van der Waals surface area contributed by atoms with Gasteiger partial charge in [-0.2, -0.15) is 0 Å². The van der Waals surface area contributed by atoms with Gasteiger partial charge in [-0.15, -0.1) is 0 Å². The molecule has 4 fully saturated rings. The van der Waals surface area contributed by atoms with Gasteiger partial charge in [-0.1, -0.05) is 26.7 Å². The summed E-state index contributed by atoms with van der Waals surface area (Å²) < 4.78 is 0. The Labute approximate surface area is 119 Å². The first-order chi connectivity index (χ1) is 9.05. The number of rotatable bonds is 6. The maximum Gasteiger partial charge on any atom is 0.00441 e. The standard InChI is InChI=1S/C18H33N/c1-13(2)4-3-5-17(19)12-18-9-14-6-15(10-18)8-16(7-14)11-18/h13-17H,3-12,19H2,1-2H3. The molecule has 0 spiro atoms. The topological polar surface area (TPSA) is 26.0 Å². The summed E-state index contributed by atoms with van der Waals surface area (Å²) in [7, 11) is 0. The second-order valence-corrected chi connectivity index (χ2v) is 8.71. The molecule has 0 aromatic carbocycles. The molecule has 1 heteroatoms. The molecule has 4 bridgehead atoms. The molecule has 2 N–H and O–H groups in total. The molecular weight excluding hydrogens is 230 g/mol. The van der Waals surface area contributed by atoms with Crippen molar-refractivity contribution in [3.05, 3.63) is 0 Å². The van der Waals surface area contributed by atoms with Gasteiger partial charge in [0, 0.05) is 6.04 Å². The second-order valence-electron chi connectivity index (χ2n) is 8.71. The van der Waals surface area contributed by atoms with E-state index in [9.17, 15) is 0 Å². The first-order valence-electron chi connectivity index (χ1n) is 8.80. The van der Waals surface area contributed by atoms with Crippen LogP contribution < -0.4 is 5.73 Å². The maximum absolute atomic E-state index is 6.48. The van der Waals surface area contributed by atoms with Crippen molar-refractivity contribution in [2.45, 2.75) is 84.1 Å². The molecular formula is C18H33N. The van der Waals surface area contributed by atoms with E-state index in [0.717, 1.165) is 23.7 Å². The van der Waals surface area contributed by atoms with Gasteiger partial charge in [-0.25, -0.2) is 0 Å². The lowest BCUT2D eigenvalue weighted by Crippen LogP contribution is -2.48. The van der Waals surface area contributed by atoms with E-state index < -0.39 is 0 Å². The first-order valence-corrected chi connectivity index (χ1v) is 8.80. The van der Waals surface area contributed by atoms with Gasteiger partial charge in [0.1, 0.15) is 0 Å². The number of hydrogen-bond acceptors (Lipinski definition) is 1. The van der Waals surface area contributed by atoms with Crippen molar-refractivity contribution >= 4 is 0 Å². The SMILES string of the molecule is CC(C)CCCC(N)CC12CC3CC(CC(C3)C1)C2. The molecule has 0 aromatic rings. The van der Waals surface area contributed by atoms with Crippen LogP contribution in [0.25, 0.3) is 0 Å². The van der Waals surface area contributed by atoms with E-state index in [1.165, 1.54) is 44.9 Å². The van der Waals surface area contributed by atoms with Crippen LogP contribution in [0.1, 0.15) is 78.1 Å². The van der Waals surface area contributed by atoms with Crippen LogP contribution in [0.5, 0.6) is 0 Å². The highest BCUT2D eigenvalue weighted by atomic mass is 14.7. The van der Waals surface area contributed by atoms with Crippen LogP contribution in [-0.2, 0) is 0 Å². The summed E-state index contributed by atoms with van der Waals surface area (Å²) in [6.07, 6.45) is 14.5. The van der Waals surface area contributed by atoms with Gasteiger partial charge >= 0.3 is 0 Å². The van der Waals surface area contributed by atoms with E-state index in [2.05, 4.69) is 13.8 Å². The van der Waals surface area contributed by atoms with Crippen LogP contribution in [0.15, 0.2) is 0 Å². The third kappa shape index (κ3) is 3.17. The van der Waals surface area contributed by atoms with Gasteiger partial charge in [0.05, 0.1) is 0 Å². The fourth-order valence-corrected chi connectivity index (χ4v) is 5.99. The molecule has 4 aliphatic rings. The Morgan fingerprint density at radius 1 is 0.947 bits per heavy atom. The van der Waals surface area contributed by atoms with Crippen molar-refractivity contribution in [3.8, 4) is 0 Å². The Kier molecular flexibility index (Phi) is 3.95. The van der Waals surface area contributed by atoms with Crippen LogP contribution in [0.3, 0.4) is 0 Å². The predicted octanol–water partition coefficient (Wildman–Crippen LogP) is 4.75. The Morgan fingerprint density at radius 3 is 1.95 bits per heavy atom. The summed E-state index contributed by atoms with van der Waals surface area (Å²) in [5.74, 6) is 4.07. The Bertz CT molecular complexity index is 272. The lowest BCUT2D eigenvalue weighted by atomic mass is 9.48. The molecule has 0 heterocycles. The highest BCUT2D eigenvalue weighted by molar-refractivity contribution is 5.02. The van der Waals surface area contributed by atoms with Crippen LogP contribution in [0.2, 0.25) is 0 Å². The van der Waals surface area contributed by atoms with Crippen molar-refractivity contribution < 1.29 is 0 Å². The van der Waals surface area contributed by atoms with Gasteiger partial charge in [0.25, 0.3) is 0 Å². The molecule has 0 saturated heterocycles. The molecule has 1 unspecified atom stereocenters. The Balaban J connectivity index is 1.51. The van der Waals surface area contributed by atoms with Crippen molar-refractivity contribution in [1.82, 2.24) is 0 Å². The number of nitrogens with two attached hydrogens (primary N) is 1. The molecule has 0 radical (unpaired) electrons. The van der Waals surface area contributed by atoms with Gasteiger partial charge in [0.15, 0.2) is 0 Å². The summed E-state index contributed by atoms with van der Waals surface area (Å²) in [6, 6.07) is 0.481. The van der Waals surface area contributed by atoms with Crippen molar-refractivity contribution in [2.75, 3.05) is 0 Å². The summed E-state index contributed by atoms with van der Waals surface area (Å²) in [5.41, 5.74) is 7.17. The van der Waals surface area contributed by atoms with Crippen LogP contribution in [0, 0.1) is 29.1 Å². The molecule has 0 aromatic heterocycles. The summed E-state index contributed by atoms with van der Waals surface area (Å²) >= 11 is 0. The summed E-state index contributed by atoms with van der Waals surface area (Å²) in [6.45, 7) is 4.65. The zero-order valence-corrected chi connectivity index (χ0v) is 13.0. The lowest BCUT2D eigenvalue weighted by Gasteiger charge is -2.57. The Hall–Kier alpha value is -0.0400. The smallest absolute Gasteiger partial charge is 0.00441 e. The van der Waals surface area contributed by atoms with Gasteiger partial charge in [0.2, 0.25) is 0 Å². The largest absolute Gasteiger partial charge is 0.328 e. The monoisotopic (exact) mass is 263 g/mol. The second kappa shape index (κ2) is 5.39. The van der Waals surface area contributed by atoms with Crippen molar-refractivity contribution in [1.29, 1.82) is 0 Å². The van der Waals surface area contributed by atoms with Crippen LogP contribution in [-0.4, -0.2) is 6.04 Å².